The number of nitrogens with zero attached hydrogens (tertiary/aromatic N) is 3. The van der Waals surface area contributed by atoms with Gasteiger partial charge in [0.2, 0.25) is 5.91 Å². The van der Waals surface area contributed by atoms with Gasteiger partial charge in [0.15, 0.2) is 0 Å². The molecular weight excluding hydrogens is 467 g/mol. The number of hydrogen-bond donors (Lipinski definition) is 1. The molecule has 2 heterocycles. The highest BCUT2D eigenvalue weighted by Crippen LogP contribution is 2.39. The van der Waals surface area contributed by atoms with E-state index in [2.05, 4.69) is 15.3 Å². The molecule has 0 bridgehead atoms. The van der Waals surface area contributed by atoms with Crippen LogP contribution >= 0.6 is 23.1 Å². The fourth-order valence-corrected chi connectivity index (χ4v) is 5.06. The van der Waals surface area contributed by atoms with E-state index in [1.165, 1.54) is 66.9 Å². The summed E-state index contributed by atoms with van der Waals surface area (Å²) in [5.74, 6) is -0.387. The van der Waals surface area contributed by atoms with Crippen LogP contribution in [0, 0.1) is 15.9 Å². The molecule has 2 aromatic carbocycles. The average Bonchev–Trinajstić information content (AvgIpc) is 3.24. The number of carbonyl (C=O) groups is 1. The van der Waals surface area contributed by atoms with Crippen molar-refractivity contribution in [2.75, 3.05) is 12.4 Å². The van der Waals surface area contributed by atoms with E-state index < -0.39 is 10.2 Å². The second kappa shape index (κ2) is 9.51. The Balaban J connectivity index is 1.61. The first-order chi connectivity index (χ1) is 15.9. The smallest absolute Gasteiger partial charge is 0.271 e. The predicted octanol–water partition coefficient (Wildman–Crippen LogP) is 5.53. The number of methoxy groups -OCH3 is 1. The zero-order chi connectivity index (χ0) is 23.5. The molecule has 0 radical (unpaired) electrons. The second-order valence-electron chi connectivity index (χ2n) is 6.91. The zero-order valence-corrected chi connectivity index (χ0v) is 19.1. The van der Waals surface area contributed by atoms with E-state index in [4.69, 9.17) is 4.74 Å². The average molecular weight is 485 g/mol. The van der Waals surface area contributed by atoms with Crippen molar-refractivity contribution >= 4 is 50.6 Å². The molecule has 1 atom stereocenters. The maximum atomic E-state index is 13.4. The van der Waals surface area contributed by atoms with Gasteiger partial charge in [0.25, 0.3) is 5.69 Å². The Morgan fingerprint density at radius 1 is 1.24 bits per heavy atom. The van der Waals surface area contributed by atoms with Crippen LogP contribution in [-0.4, -0.2) is 33.2 Å². The van der Waals surface area contributed by atoms with Gasteiger partial charge in [-0.2, -0.15) is 0 Å². The Labute approximate surface area is 196 Å². The van der Waals surface area contributed by atoms with Crippen molar-refractivity contribution in [2.45, 2.75) is 17.2 Å². The van der Waals surface area contributed by atoms with Crippen molar-refractivity contribution in [3.05, 3.63) is 70.1 Å². The minimum atomic E-state index is -0.590. The number of thiophene rings is 1. The number of carbonyl (C=O) groups excluding carboxylic acids is 1. The van der Waals surface area contributed by atoms with Crippen molar-refractivity contribution in [1.29, 1.82) is 0 Å². The van der Waals surface area contributed by atoms with Crippen molar-refractivity contribution in [2.24, 2.45) is 0 Å². The third-order valence-corrected chi connectivity index (χ3v) is 6.79. The van der Waals surface area contributed by atoms with Gasteiger partial charge < -0.3 is 10.1 Å². The van der Waals surface area contributed by atoms with Gasteiger partial charge in [-0.05, 0) is 30.7 Å². The molecular formula is C22H17FN4O4S2. The number of ether oxygens (including phenoxy) is 1. The van der Waals surface area contributed by atoms with Gasteiger partial charge in [0.1, 0.15) is 27.8 Å². The van der Waals surface area contributed by atoms with Crippen LogP contribution < -0.4 is 10.1 Å². The van der Waals surface area contributed by atoms with Crippen LogP contribution in [0.4, 0.5) is 15.8 Å². The molecule has 168 valence electrons. The molecule has 4 aromatic rings. The molecule has 0 spiro atoms. The summed E-state index contributed by atoms with van der Waals surface area (Å²) in [4.78, 5) is 32.9. The molecule has 0 aliphatic rings. The third kappa shape index (κ3) is 4.78. The highest BCUT2D eigenvalue weighted by molar-refractivity contribution is 8.00. The standard InChI is InChI=1S/C22H17FN4O4S2/c1-12(20(28)26-17-9-15(27(29)30)7-8-18(17)31-2)33-22-19-16(10-32-21(19)24-11-25-22)13-3-5-14(23)6-4-13/h3-12H,1-2H3,(H,26,28)/t12-/m0/s1. The largest absolute Gasteiger partial charge is 0.495 e. The number of amides is 1. The first-order valence-electron chi connectivity index (χ1n) is 9.65. The van der Waals surface area contributed by atoms with Crippen LogP contribution in [-0.2, 0) is 4.79 Å². The lowest BCUT2D eigenvalue weighted by Crippen LogP contribution is -2.23. The molecule has 11 heteroatoms. The van der Waals surface area contributed by atoms with Crippen LogP contribution in [0.25, 0.3) is 21.3 Å². The van der Waals surface area contributed by atoms with Crippen molar-refractivity contribution in [3.8, 4) is 16.9 Å². The van der Waals surface area contributed by atoms with Crippen LogP contribution in [0.5, 0.6) is 5.75 Å². The van der Waals surface area contributed by atoms with Crippen molar-refractivity contribution in [1.82, 2.24) is 9.97 Å². The minimum Gasteiger partial charge on any atom is -0.495 e. The SMILES string of the molecule is COc1ccc([N+](=O)[O-])cc1NC(=O)[C@H](C)Sc1ncnc2scc(-c3ccc(F)cc3)c12. The lowest BCUT2D eigenvalue weighted by Gasteiger charge is -2.14. The molecule has 2 aromatic heterocycles. The Kier molecular flexibility index (Phi) is 6.52. The summed E-state index contributed by atoms with van der Waals surface area (Å²) in [5, 5.41) is 16.5. The van der Waals surface area contributed by atoms with Crippen molar-refractivity contribution < 1.29 is 18.8 Å². The molecule has 0 saturated heterocycles. The zero-order valence-electron chi connectivity index (χ0n) is 17.4. The Hall–Kier alpha value is -3.57. The minimum absolute atomic E-state index is 0.161. The molecule has 1 N–H and O–H groups in total. The van der Waals surface area contributed by atoms with Crippen molar-refractivity contribution in [3.63, 3.8) is 0 Å². The predicted molar refractivity (Wildman–Crippen MR) is 126 cm³/mol. The van der Waals surface area contributed by atoms with E-state index in [1.807, 2.05) is 5.38 Å². The van der Waals surface area contributed by atoms with E-state index >= 15 is 0 Å². The van der Waals surface area contributed by atoms with Crippen LogP contribution in [0.1, 0.15) is 6.92 Å². The molecule has 33 heavy (non-hydrogen) atoms. The normalized spacial score (nSPS) is 11.8. The highest BCUT2D eigenvalue weighted by atomic mass is 32.2. The first kappa shape index (κ1) is 22.6. The van der Waals surface area contributed by atoms with Gasteiger partial charge >= 0.3 is 0 Å². The lowest BCUT2D eigenvalue weighted by atomic mass is 10.1. The molecule has 0 fully saturated rings. The number of anilines is 1. The fourth-order valence-electron chi connectivity index (χ4n) is 3.14. The summed E-state index contributed by atoms with van der Waals surface area (Å²) in [6, 6.07) is 10.1. The summed E-state index contributed by atoms with van der Waals surface area (Å²) in [7, 11) is 1.42. The summed E-state index contributed by atoms with van der Waals surface area (Å²) in [6.45, 7) is 1.71. The molecule has 0 unspecified atom stereocenters. The molecule has 8 nitrogen and oxygen atoms in total. The number of thioether (sulfide) groups is 1. The van der Waals surface area contributed by atoms with Gasteiger partial charge in [-0.1, -0.05) is 23.9 Å². The van der Waals surface area contributed by atoms with Gasteiger partial charge in [-0.15, -0.1) is 11.3 Å². The molecule has 0 aliphatic carbocycles. The van der Waals surface area contributed by atoms with Crippen LogP contribution in [0.15, 0.2) is 59.2 Å². The highest BCUT2D eigenvalue weighted by Gasteiger charge is 2.22. The maximum absolute atomic E-state index is 13.4. The number of benzene rings is 2. The Bertz CT molecular complexity index is 1340. The lowest BCUT2D eigenvalue weighted by molar-refractivity contribution is -0.384. The number of nitro benzene ring substituents is 1. The molecule has 0 saturated carbocycles. The van der Waals surface area contributed by atoms with E-state index in [1.54, 1.807) is 19.1 Å². The van der Waals surface area contributed by atoms with Gasteiger partial charge in [0.05, 0.1) is 28.4 Å². The quantitative estimate of drug-likeness (QED) is 0.159. The summed E-state index contributed by atoms with van der Waals surface area (Å²) in [6.07, 6.45) is 1.43. The van der Waals surface area contributed by atoms with Gasteiger partial charge in [-0.25, -0.2) is 14.4 Å². The van der Waals surface area contributed by atoms with E-state index in [9.17, 15) is 19.3 Å². The summed E-state index contributed by atoms with van der Waals surface area (Å²) in [5.41, 5.74) is 1.72. The third-order valence-electron chi connectivity index (χ3n) is 4.80. The number of rotatable bonds is 7. The van der Waals surface area contributed by atoms with Gasteiger partial charge in [-0.3, -0.25) is 14.9 Å². The van der Waals surface area contributed by atoms with E-state index in [0.29, 0.717) is 10.8 Å². The Morgan fingerprint density at radius 2 is 2.00 bits per heavy atom. The van der Waals surface area contributed by atoms with Crippen LogP contribution in [0.2, 0.25) is 0 Å². The number of non-ortho nitro benzene ring substituents is 1. The topological polar surface area (TPSA) is 107 Å². The summed E-state index contributed by atoms with van der Waals surface area (Å²) < 4.78 is 18.6. The van der Waals surface area contributed by atoms with E-state index in [0.717, 1.165) is 21.3 Å². The number of nitrogens with one attached hydrogen (secondary N) is 1. The molecule has 1 amide bonds. The molecule has 0 aliphatic heterocycles. The first-order valence-corrected chi connectivity index (χ1v) is 11.4. The van der Waals surface area contributed by atoms with Gasteiger partial charge in [0, 0.05) is 23.1 Å². The second-order valence-corrected chi connectivity index (χ2v) is 9.09. The number of nitro groups is 1. The number of aromatic nitrogens is 2. The van der Waals surface area contributed by atoms with E-state index in [-0.39, 0.29) is 23.1 Å². The van der Waals surface area contributed by atoms with Crippen LogP contribution in [0.3, 0.4) is 0 Å². The number of hydrogen-bond acceptors (Lipinski definition) is 8. The Morgan fingerprint density at radius 3 is 2.70 bits per heavy atom. The number of halogens is 1. The maximum Gasteiger partial charge on any atom is 0.271 e. The fraction of sp³-hybridized carbons (Fsp3) is 0.136. The monoisotopic (exact) mass is 484 g/mol. The number of fused-ring (bicyclic) bond motifs is 1. The molecule has 4 rings (SSSR count). The summed E-state index contributed by atoms with van der Waals surface area (Å²) >= 11 is 2.67.